The van der Waals surface area contributed by atoms with Crippen LogP contribution < -0.4 is 0 Å². The molecule has 0 spiro atoms. The Morgan fingerprint density at radius 3 is 2.21 bits per heavy atom. The zero-order valence-electron chi connectivity index (χ0n) is 12.8. The molecule has 0 radical (unpaired) electrons. The van der Waals surface area contributed by atoms with E-state index >= 15 is 0 Å². The van der Waals surface area contributed by atoms with Crippen LogP contribution in [0.1, 0.15) is 41.5 Å². The molecule has 0 aromatic carbocycles. The Bertz CT molecular complexity index is 351. The lowest BCUT2D eigenvalue weighted by Gasteiger charge is -2.38. The van der Waals surface area contributed by atoms with E-state index in [0.717, 1.165) is 0 Å². The maximum absolute atomic E-state index is 12.4. The van der Waals surface area contributed by atoms with Crippen molar-refractivity contribution in [2.24, 2.45) is 5.41 Å². The summed E-state index contributed by atoms with van der Waals surface area (Å²) < 4.78 is 10.7. The average Bonchev–Trinajstić information content (AvgIpc) is 2.24. The number of hydrogen-bond donors (Lipinski definition) is 0. The van der Waals surface area contributed by atoms with Crippen LogP contribution in [0.5, 0.6) is 0 Å². The van der Waals surface area contributed by atoms with Crippen molar-refractivity contribution in [3.63, 3.8) is 0 Å². The predicted molar refractivity (Wildman–Crippen MR) is 72.0 cm³/mol. The van der Waals surface area contributed by atoms with Crippen molar-refractivity contribution in [1.29, 1.82) is 0 Å². The summed E-state index contributed by atoms with van der Waals surface area (Å²) in [7, 11) is 0. The van der Waals surface area contributed by atoms with E-state index in [1.54, 1.807) is 0 Å². The fourth-order valence-corrected chi connectivity index (χ4v) is 1.86. The quantitative estimate of drug-likeness (QED) is 0.734. The Hall–Kier alpha value is -1.10. The molecule has 1 saturated heterocycles. The zero-order chi connectivity index (χ0) is 14.8. The van der Waals surface area contributed by atoms with Gasteiger partial charge in [-0.2, -0.15) is 0 Å². The molecule has 110 valence electrons. The Morgan fingerprint density at radius 2 is 1.74 bits per heavy atom. The van der Waals surface area contributed by atoms with Crippen LogP contribution in [0, 0.1) is 5.41 Å². The first-order chi connectivity index (χ1) is 8.52. The number of Topliss-reactive ketones (excluding diaryl/α,β-unsaturated/α-hetero) is 1. The molecule has 1 amide bonds. The number of morpholine rings is 1. The van der Waals surface area contributed by atoms with Crippen LogP contribution in [0.15, 0.2) is 0 Å². The fraction of sp³-hybridized carbons (Fsp3) is 0.857. The number of ketones is 1. The van der Waals surface area contributed by atoms with Gasteiger partial charge in [0.05, 0.1) is 13.2 Å². The van der Waals surface area contributed by atoms with Crippen molar-refractivity contribution in [2.75, 3.05) is 19.8 Å². The minimum Gasteiger partial charge on any atom is -0.444 e. The molecule has 0 bridgehead atoms. The molecule has 0 aromatic rings. The highest BCUT2D eigenvalue weighted by Crippen LogP contribution is 2.23. The third-order valence-corrected chi connectivity index (χ3v) is 2.80. The van der Waals surface area contributed by atoms with Crippen LogP contribution in [0.2, 0.25) is 0 Å². The number of nitrogens with zero attached hydrogens (tertiary/aromatic N) is 1. The van der Waals surface area contributed by atoms with E-state index in [2.05, 4.69) is 0 Å². The average molecular weight is 271 g/mol. The van der Waals surface area contributed by atoms with Gasteiger partial charge in [-0.15, -0.1) is 0 Å². The van der Waals surface area contributed by atoms with Gasteiger partial charge >= 0.3 is 6.09 Å². The number of carbonyl (C=O) groups excluding carboxylic acids is 2. The third-order valence-electron chi connectivity index (χ3n) is 2.80. The summed E-state index contributed by atoms with van der Waals surface area (Å²) in [5.74, 6) is -0.00180. The maximum Gasteiger partial charge on any atom is 0.411 e. The highest BCUT2D eigenvalue weighted by Gasteiger charge is 2.39. The van der Waals surface area contributed by atoms with Crippen LogP contribution in [-0.2, 0) is 14.3 Å². The van der Waals surface area contributed by atoms with Gasteiger partial charge in [-0.05, 0) is 20.8 Å². The van der Waals surface area contributed by atoms with Gasteiger partial charge in [0.1, 0.15) is 11.6 Å². The van der Waals surface area contributed by atoms with Crippen LogP contribution in [0.25, 0.3) is 0 Å². The van der Waals surface area contributed by atoms with Gasteiger partial charge in [0, 0.05) is 12.0 Å². The van der Waals surface area contributed by atoms with Gasteiger partial charge in [0.15, 0.2) is 5.78 Å². The summed E-state index contributed by atoms with van der Waals surface area (Å²) in [5, 5.41) is 0. The van der Waals surface area contributed by atoms with E-state index in [4.69, 9.17) is 9.47 Å². The van der Waals surface area contributed by atoms with Gasteiger partial charge in [-0.1, -0.05) is 20.8 Å². The number of ether oxygens (including phenoxy) is 2. The summed E-state index contributed by atoms with van der Waals surface area (Å²) in [4.78, 5) is 26.0. The standard InChI is InChI=1S/C14H25NO4/c1-13(2,3)11(16)10-9-18-8-7-15(10)12(17)19-14(4,5)6/h10H,7-9H2,1-6H3. The highest BCUT2D eigenvalue weighted by molar-refractivity contribution is 5.91. The Labute approximate surface area is 115 Å². The normalized spacial score (nSPS) is 21.2. The SMILES string of the molecule is CC(C)(C)OC(=O)N1CCOCC1C(=O)C(C)(C)C. The maximum atomic E-state index is 12.4. The van der Waals surface area contributed by atoms with Gasteiger partial charge in [0.2, 0.25) is 0 Å². The van der Waals surface area contributed by atoms with Crippen LogP contribution in [0.4, 0.5) is 4.79 Å². The van der Waals surface area contributed by atoms with Gasteiger partial charge in [-0.25, -0.2) is 4.79 Å². The first kappa shape index (κ1) is 16.0. The summed E-state index contributed by atoms with van der Waals surface area (Å²) >= 11 is 0. The molecule has 1 fully saturated rings. The molecule has 19 heavy (non-hydrogen) atoms. The molecule has 5 heteroatoms. The van der Waals surface area contributed by atoms with Crippen molar-refractivity contribution in [3.05, 3.63) is 0 Å². The second kappa shape index (κ2) is 5.49. The Morgan fingerprint density at radius 1 is 1.16 bits per heavy atom. The number of hydrogen-bond acceptors (Lipinski definition) is 4. The van der Waals surface area contributed by atoms with Gasteiger partial charge < -0.3 is 9.47 Å². The summed E-state index contributed by atoms with van der Waals surface area (Å²) in [6, 6.07) is -0.552. The van der Waals surface area contributed by atoms with Crippen LogP contribution >= 0.6 is 0 Å². The third kappa shape index (κ3) is 4.49. The molecule has 1 aliphatic rings. The molecular weight excluding hydrogens is 246 g/mol. The van der Waals surface area contributed by atoms with E-state index in [1.807, 2.05) is 41.5 Å². The smallest absolute Gasteiger partial charge is 0.411 e. The summed E-state index contributed by atoms with van der Waals surface area (Å²) in [6.45, 7) is 12.0. The zero-order valence-corrected chi connectivity index (χ0v) is 12.8. The lowest BCUT2D eigenvalue weighted by atomic mass is 9.86. The first-order valence-corrected chi connectivity index (χ1v) is 6.64. The molecule has 1 heterocycles. The monoisotopic (exact) mass is 271 g/mol. The lowest BCUT2D eigenvalue weighted by Crippen LogP contribution is -2.56. The molecule has 1 atom stereocenters. The topological polar surface area (TPSA) is 55.8 Å². The Balaban J connectivity index is 2.84. The van der Waals surface area contributed by atoms with E-state index < -0.39 is 23.2 Å². The van der Waals surface area contributed by atoms with Crippen molar-refractivity contribution in [3.8, 4) is 0 Å². The van der Waals surface area contributed by atoms with E-state index in [1.165, 1.54) is 4.90 Å². The molecule has 1 unspecified atom stereocenters. The van der Waals surface area contributed by atoms with Gasteiger partial charge in [-0.3, -0.25) is 9.69 Å². The minimum absolute atomic E-state index is 0.00180. The molecule has 0 aliphatic carbocycles. The number of amides is 1. The predicted octanol–water partition coefficient (Wildman–Crippen LogP) is 2.24. The largest absolute Gasteiger partial charge is 0.444 e. The second-order valence-corrected chi connectivity index (χ2v) is 6.88. The Kier molecular flexibility index (Phi) is 4.61. The molecule has 0 aromatic heterocycles. The fourth-order valence-electron chi connectivity index (χ4n) is 1.86. The molecule has 1 rings (SSSR count). The van der Waals surface area contributed by atoms with E-state index in [0.29, 0.717) is 13.2 Å². The minimum atomic E-state index is -0.565. The van der Waals surface area contributed by atoms with E-state index in [-0.39, 0.29) is 12.4 Å². The molecule has 5 nitrogen and oxygen atoms in total. The number of carbonyl (C=O) groups is 2. The second-order valence-electron chi connectivity index (χ2n) is 6.88. The van der Waals surface area contributed by atoms with Gasteiger partial charge in [0.25, 0.3) is 0 Å². The molecule has 1 aliphatic heterocycles. The molecule has 0 N–H and O–H groups in total. The van der Waals surface area contributed by atoms with Crippen molar-refractivity contribution < 1.29 is 19.1 Å². The van der Waals surface area contributed by atoms with Crippen LogP contribution in [0.3, 0.4) is 0 Å². The highest BCUT2D eigenvalue weighted by atomic mass is 16.6. The van der Waals surface area contributed by atoms with Crippen molar-refractivity contribution >= 4 is 11.9 Å². The van der Waals surface area contributed by atoms with Crippen molar-refractivity contribution in [2.45, 2.75) is 53.2 Å². The van der Waals surface area contributed by atoms with E-state index in [9.17, 15) is 9.59 Å². The molecular formula is C14H25NO4. The number of rotatable bonds is 1. The van der Waals surface area contributed by atoms with Crippen molar-refractivity contribution in [1.82, 2.24) is 4.90 Å². The summed E-state index contributed by atoms with van der Waals surface area (Å²) in [6.07, 6.45) is -0.446. The van der Waals surface area contributed by atoms with Crippen LogP contribution in [-0.4, -0.2) is 48.2 Å². The molecule has 0 saturated carbocycles. The summed E-state index contributed by atoms with van der Waals surface area (Å²) in [5.41, 5.74) is -1.07. The first-order valence-electron chi connectivity index (χ1n) is 6.64. The lowest BCUT2D eigenvalue weighted by molar-refractivity contribution is -0.137.